The van der Waals surface area contributed by atoms with Crippen LogP contribution in [0.1, 0.15) is 17.5 Å². The quantitative estimate of drug-likeness (QED) is 0.156. The number of phenols is 1. The minimum Gasteiger partial charge on any atom is -0.508 e. The molecule has 12 heteroatoms. The first kappa shape index (κ1) is 31.0. The summed E-state index contributed by atoms with van der Waals surface area (Å²) in [5.41, 5.74) is 7.57. The average Bonchev–Trinajstić information content (AvgIpc) is 2.90. The molecule has 0 aliphatic heterocycles. The van der Waals surface area contributed by atoms with Gasteiger partial charge in [-0.05, 0) is 48.1 Å². The monoisotopic (exact) mass is 562 g/mol. The van der Waals surface area contributed by atoms with E-state index in [1.165, 1.54) is 23.9 Å². The number of benzene rings is 2. The Labute approximate surface area is 231 Å². The molecule has 38 heavy (non-hydrogen) atoms. The van der Waals surface area contributed by atoms with Crippen molar-refractivity contribution in [2.75, 3.05) is 17.8 Å². The molecule has 4 atom stereocenters. The van der Waals surface area contributed by atoms with Gasteiger partial charge in [-0.1, -0.05) is 42.5 Å². The van der Waals surface area contributed by atoms with E-state index in [2.05, 4.69) is 28.6 Å². The standard InChI is InChI=1S/C26H34N4O6S2/c1-38-12-11-20(28-23(32)19(27)13-17-7-9-18(31)10-8-17)24(33)29-21(14-16-5-3-2-4-6-16)25(34)30-22(15-37)26(35)36/h2-10,19-22,31,37H,11-15,27H2,1H3,(H,28,32)(H,29,33)(H,30,34)(H,35,36). The number of hydrogen-bond acceptors (Lipinski definition) is 8. The Hall–Kier alpha value is -3.22. The molecule has 0 aliphatic carbocycles. The Bertz CT molecular complexity index is 1070. The Balaban J connectivity index is 2.15. The predicted molar refractivity (Wildman–Crippen MR) is 150 cm³/mol. The summed E-state index contributed by atoms with van der Waals surface area (Å²) in [4.78, 5) is 50.5. The zero-order chi connectivity index (χ0) is 28.1. The molecule has 0 aromatic heterocycles. The van der Waals surface area contributed by atoms with Crippen LogP contribution in [0, 0.1) is 0 Å². The highest BCUT2D eigenvalue weighted by Crippen LogP contribution is 2.12. The zero-order valence-corrected chi connectivity index (χ0v) is 22.7. The van der Waals surface area contributed by atoms with Gasteiger partial charge in [0.15, 0.2) is 0 Å². The molecule has 0 spiro atoms. The SMILES string of the molecule is CSCCC(NC(=O)C(N)Cc1ccc(O)cc1)C(=O)NC(Cc1ccccc1)C(=O)NC(CS)C(=O)O. The smallest absolute Gasteiger partial charge is 0.327 e. The lowest BCUT2D eigenvalue weighted by molar-refractivity contribution is -0.141. The third-order valence-electron chi connectivity index (χ3n) is 5.69. The summed E-state index contributed by atoms with van der Waals surface area (Å²) in [7, 11) is 0. The third kappa shape index (κ3) is 10.3. The highest BCUT2D eigenvalue weighted by atomic mass is 32.2. The normalized spacial score (nSPS) is 14.0. The van der Waals surface area contributed by atoms with Gasteiger partial charge in [-0.15, -0.1) is 0 Å². The Kier molecular flexibility index (Phi) is 13.0. The van der Waals surface area contributed by atoms with Crippen LogP contribution in [0.5, 0.6) is 5.75 Å². The van der Waals surface area contributed by atoms with Crippen molar-refractivity contribution in [3.05, 3.63) is 65.7 Å². The maximum atomic E-state index is 13.3. The number of nitrogens with two attached hydrogens (primary N) is 1. The van der Waals surface area contributed by atoms with E-state index in [9.17, 15) is 29.4 Å². The fraction of sp³-hybridized carbons (Fsp3) is 0.385. The second kappa shape index (κ2) is 15.9. The number of carboxylic acid groups (broad SMARTS) is 1. The molecule has 7 N–H and O–H groups in total. The molecule has 0 bridgehead atoms. The van der Waals surface area contributed by atoms with Crippen molar-refractivity contribution >= 4 is 48.1 Å². The van der Waals surface area contributed by atoms with Gasteiger partial charge in [-0.25, -0.2) is 4.79 Å². The van der Waals surface area contributed by atoms with Crippen LogP contribution in [-0.2, 0) is 32.0 Å². The third-order valence-corrected chi connectivity index (χ3v) is 6.69. The van der Waals surface area contributed by atoms with Crippen LogP contribution in [-0.4, -0.2) is 75.8 Å². The number of hydrogen-bond donors (Lipinski definition) is 7. The molecule has 0 saturated heterocycles. The van der Waals surface area contributed by atoms with Crippen LogP contribution in [0.25, 0.3) is 0 Å². The van der Waals surface area contributed by atoms with E-state index >= 15 is 0 Å². The lowest BCUT2D eigenvalue weighted by atomic mass is 10.0. The molecule has 0 heterocycles. The lowest BCUT2D eigenvalue weighted by Gasteiger charge is -2.25. The summed E-state index contributed by atoms with van der Waals surface area (Å²) in [5, 5.41) is 26.5. The van der Waals surface area contributed by atoms with Crippen LogP contribution in [0.2, 0.25) is 0 Å². The van der Waals surface area contributed by atoms with Crippen molar-refractivity contribution in [3.63, 3.8) is 0 Å². The summed E-state index contributed by atoms with van der Waals surface area (Å²) in [5.74, 6) is -2.52. The van der Waals surface area contributed by atoms with Gasteiger partial charge < -0.3 is 31.9 Å². The number of carboxylic acids is 1. The van der Waals surface area contributed by atoms with E-state index < -0.39 is 47.9 Å². The van der Waals surface area contributed by atoms with Gasteiger partial charge in [-0.2, -0.15) is 24.4 Å². The molecule has 2 aromatic carbocycles. The molecule has 4 unspecified atom stereocenters. The topological polar surface area (TPSA) is 171 Å². The number of nitrogens with one attached hydrogen (secondary N) is 3. The van der Waals surface area contributed by atoms with Gasteiger partial charge in [0.25, 0.3) is 0 Å². The van der Waals surface area contributed by atoms with Crippen LogP contribution < -0.4 is 21.7 Å². The summed E-state index contributed by atoms with van der Waals surface area (Å²) in [6.07, 6.45) is 2.46. The first-order chi connectivity index (χ1) is 18.1. The number of amides is 3. The number of aliphatic carboxylic acids is 1. The minimum absolute atomic E-state index is 0.0960. The first-order valence-corrected chi connectivity index (χ1v) is 14.0. The molecule has 0 fully saturated rings. The molecule has 3 amide bonds. The van der Waals surface area contributed by atoms with Crippen LogP contribution in [0.15, 0.2) is 54.6 Å². The highest BCUT2D eigenvalue weighted by Gasteiger charge is 2.30. The van der Waals surface area contributed by atoms with Gasteiger partial charge >= 0.3 is 5.97 Å². The predicted octanol–water partition coefficient (Wildman–Crippen LogP) is 0.727. The maximum Gasteiger partial charge on any atom is 0.327 e. The Morgan fingerprint density at radius 3 is 1.97 bits per heavy atom. The molecule has 2 aromatic rings. The van der Waals surface area contributed by atoms with Crippen molar-refractivity contribution < 1.29 is 29.4 Å². The number of rotatable bonds is 15. The van der Waals surface area contributed by atoms with Crippen LogP contribution in [0.3, 0.4) is 0 Å². The van der Waals surface area contributed by atoms with E-state index in [1.54, 1.807) is 36.4 Å². The number of carbonyl (C=O) groups is 4. The van der Waals surface area contributed by atoms with E-state index in [4.69, 9.17) is 5.73 Å². The van der Waals surface area contributed by atoms with Crippen molar-refractivity contribution in [1.82, 2.24) is 16.0 Å². The summed E-state index contributed by atoms with van der Waals surface area (Å²) in [6, 6.07) is 11.0. The molecule has 2 rings (SSSR count). The van der Waals surface area contributed by atoms with Crippen LogP contribution >= 0.6 is 24.4 Å². The molecule has 0 aliphatic rings. The second-order valence-electron chi connectivity index (χ2n) is 8.65. The van der Waals surface area contributed by atoms with Crippen molar-refractivity contribution in [1.29, 1.82) is 0 Å². The van der Waals surface area contributed by atoms with Gasteiger partial charge in [0, 0.05) is 12.2 Å². The second-order valence-corrected chi connectivity index (χ2v) is 10.0. The highest BCUT2D eigenvalue weighted by molar-refractivity contribution is 7.98. The fourth-order valence-electron chi connectivity index (χ4n) is 3.55. The molecule has 206 valence electrons. The van der Waals surface area contributed by atoms with E-state index in [1.807, 2.05) is 12.3 Å². The first-order valence-electron chi connectivity index (χ1n) is 12.0. The van der Waals surface area contributed by atoms with Crippen LogP contribution in [0.4, 0.5) is 0 Å². The number of aromatic hydroxyl groups is 1. The van der Waals surface area contributed by atoms with E-state index in [0.717, 1.165) is 11.1 Å². The van der Waals surface area contributed by atoms with E-state index in [0.29, 0.717) is 12.2 Å². The minimum atomic E-state index is -1.24. The molecular weight excluding hydrogens is 528 g/mol. The number of carbonyl (C=O) groups excluding carboxylic acids is 3. The number of thiol groups is 1. The number of thioether (sulfide) groups is 1. The molecular formula is C26H34N4O6S2. The van der Waals surface area contributed by atoms with E-state index in [-0.39, 0.29) is 24.3 Å². The lowest BCUT2D eigenvalue weighted by Crippen LogP contribution is -2.58. The van der Waals surface area contributed by atoms with Gasteiger partial charge in [0.05, 0.1) is 6.04 Å². The average molecular weight is 563 g/mol. The Morgan fingerprint density at radius 2 is 1.39 bits per heavy atom. The largest absolute Gasteiger partial charge is 0.508 e. The van der Waals surface area contributed by atoms with Gasteiger partial charge in [0.2, 0.25) is 17.7 Å². The van der Waals surface area contributed by atoms with Crippen molar-refractivity contribution in [2.45, 2.75) is 43.4 Å². The van der Waals surface area contributed by atoms with Gasteiger partial charge in [0.1, 0.15) is 23.9 Å². The summed E-state index contributed by atoms with van der Waals surface area (Å²) in [6.45, 7) is 0. The molecule has 0 radical (unpaired) electrons. The van der Waals surface area contributed by atoms with Crippen molar-refractivity contribution in [3.8, 4) is 5.75 Å². The molecule has 0 saturated carbocycles. The fourth-order valence-corrected chi connectivity index (χ4v) is 4.27. The number of phenolic OH excluding ortho intramolecular Hbond substituents is 1. The summed E-state index contributed by atoms with van der Waals surface area (Å²) >= 11 is 5.47. The summed E-state index contributed by atoms with van der Waals surface area (Å²) < 4.78 is 0. The Morgan fingerprint density at radius 1 is 0.842 bits per heavy atom. The zero-order valence-electron chi connectivity index (χ0n) is 21.0. The molecule has 10 nitrogen and oxygen atoms in total. The van der Waals surface area contributed by atoms with Crippen molar-refractivity contribution in [2.24, 2.45) is 5.73 Å². The van der Waals surface area contributed by atoms with Gasteiger partial charge in [-0.3, -0.25) is 14.4 Å². The maximum absolute atomic E-state index is 13.3.